The van der Waals surface area contributed by atoms with E-state index in [-0.39, 0.29) is 18.4 Å². The number of phenolic OH excluding ortho intramolecular Hbond substituents is 1. The number of phenols is 1. The van der Waals surface area contributed by atoms with Gasteiger partial charge in [0, 0.05) is 51.1 Å². The van der Waals surface area contributed by atoms with Crippen LogP contribution in [-0.4, -0.2) is 64.4 Å². The Morgan fingerprint density at radius 1 is 1.19 bits per heavy atom. The number of methoxy groups -OCH3 is 1. The number of aliphatic hydroxyl groups is 1. The van der Waals surface area contributed by atoms with Gasteiger partial charge in [0.05, 0.1) is 12.8 Å². The molecule has 0 bridgehead atoms. The number of aliphatic hydroxyl groups excluding tert-OH is 1. The SMILES string of the molecule is COc1ccc(CN2CCN(Cc3cccc(C)n3)[C@@H](CCO)C2)cc1O. The summed E-state index contributed by atoms with van der Waals surface area (Å²) in [6.07, 6.45) is 0.746. The third-order valence-electron chi connectivity index (χ3n) is 5.11. The Morgan fingerprint density at radius 3 is 2.74 bits per heavy atom. The van der Waals surface area contributed by atoms with E-state index in [4.69, 9.17) is 4.74 Å². The van der Waals surface area contributed by atoms with Crippen LogP contribution in [0.4, 0.5) is 0 Å². The first-order chi connectivity index (χ1) is 13.1. The van der Waals surface area contributed by atoms with E-state index in [0.29, 0.717) is 5.75 Å². The first kappa shape index (κ1) is 19.6. The molecule has 0 spiro atoms. The molecule has 0 amide bonds. The highest BCUT2D eigenvalue weighted by Gasteiger charge is 2.27. The summed E-state index contributed by atoms with van der Waals surface area (Å²) in [5, 5.41) is 19.5. The molecule has 1 saturated heterocycles. The predicted octanol–water partition coefficient (Wildman–Crippen LogP) is 2.17. The van der Waals surface area contributed by atoms with Crippen LogP contribution in [0.5, 0.6) is 11.5 Å². The molecule has 0 radical (unpaired) electrons. The highest BCUT2D eigenvalue weighted by atomic mass is 16.5. The molecule has 1 aromatic heterocycles. The van der Waals surface area contributed by atoms with Crippen LogP contribution in [0.15, 0.2) is 36.4 Å². The highest BCUT2D eigenvalue weighted by Crippen LogP contribution is 2.27. The van der Waals surface area contributed by atoms with Gasteiger partial charge in [-0.25, -0.2) is 0 Å². The van der Waals surface area contributed by atoms with Crippen molar-refractivity contribution in [1.82, 2.24) is 14.8 Å². The van der Waals surface area contributed by atoms with Crippen molar-refractivity contribution in [1.29, 1.82) is 0 Å². The van der Waals surface area contributed by atoms with Crippen LogP contribution in [0.2, 0.25) is 0 Å². The lowest BCUT2D eigenvalue weighted by Crippen LogP contribution is -2.52. The number of rotatable bonds is 7. The van der Waals surface area contributed by atoms with E-state index in [9.17, 15) is 10.2 Å². The van der Waals surface area contributed by atoms with Crippen LogP contribution in [0.25, 0.3) is 0 Å². The van der Waals surface area contributed by atoms with Gasteiger partial charge < -0.3 is 14.9 Å². The van der Waals surface area contributed by atoms with Crippen LogP contribution in [0.3, 0.4) is 0 Å². The number of ether oxygens (including phenoxy) is 1. The Labute approximate surface area is 161 Å². The number of nitrogens with zero attached hydrogens (tertiary/aromatic N) is 3. The number of aromatic nitrogens is 1. The van der Waals surface area contributed by atoms with Crippen molar-refractivity contribution >= 4 is 0 Å². The third-order valence-corrected chi connectivity index (χ3v) is 5.11. The monoisotopic (exact) mass is 371 g/mol. The molecule has 1 aliphatic heterocycles. The number of benzene rings is 1. The maximum atomic E-state index is 9.99. The maximum absolute atomic E-state index is 9.99. The Bertz CT molecular complexity index is 753. The van der Waals surface area contributed by atoms with E-state index in [1.165, 1.54) is 0 Å². The van der Waals surface area contributed by atoms with Crippen LogP contribution in [-0.2, 0) is 13.1 Å². The lowest BCUT2D eigenvalue weighted by Gasteiger charge is -2.41. The number of hydrogen-bond donors (Lipinski definition) is 2. The fourth-order valence-corrected chi connectivity index (χ4v) is 3.72. The maximum Gasteiger partial charge on any atom is 0.160 e. The molecule has 3 rings (SSSR count). The summed E-state index contributed by atoms with van der Waals surface area (Å²) in [5.41, 5.74) is 3.17. The second kappa shape index (κ2) is 9.17. The lowest BCUT2D eigenvalue weighted by atomic mass is 10.1. The summed E-state index contributed by atoms with van der Waals surface area (Å²) in [7, 11) is 1.55. The van der Waals surface area contributed by atoms with Crippen molar-refractivity contribution < 1.29 is 14.9 Å². The fourth-order valence-electron chi connectivity index (χ4n) is 3.72. The Morgan fingerprint density at radius 2 is 2.04 bits per heavy atom. The van der Waals surface area contributed by atoms with E-state index in [1.54, 1.807) is 19.2 Å². The summed E-state index contributed by atoms with van der Waals surface area (Å²) >= 11 is 0. The molecule has 1 fully saturated rings. The number of aromatic hydroxyl groups is 1. The van der Waals surface area contributed by atoms with Crippen molar-refractivity contribution in [3.05, 3.63) is 53.3 Å². The van der Waals surface area contributed by atoms with Crippen molar-refractivity contribution in [3.63, 3.8) is 0 Å². The van der Waals surface area contributed by atoms with Gasteiger partial charge in [-0.05, 0) is 43.2 Å². The van der Waals surface area contributed by atoms with Crippen molar-refractivity contribution in [3.8, 4) is 11.5 Å². The number of aryl methyl sites for hydroxylation is 1. The van der Waals surface area contributed by atoms with Gasteiger partial charge >= 0.3 is 0 Å². The average Bonchev–Trinajstić information content (AvgIpc) is 2.64. The quantitative estimate of drug-likeness (QED) is 0.777. The largest absolute Gasteiger partial charge is 0.504 e. The Hall–Kier alpha value is -2.15. The summed E-state index contributed by atoms with van der Waals surface area (Å²) in [5.74, 6) is 0.665. The molecule has 1 aromatic carbocycles. The minimum atomic E-state index is 0.172. The minimum Gasteiger partial charge on any atom is -0.504 e. The van der Waals surface area contributed by atoms with Crippen LogP contribution >= 0.6 is 0 Å². The van der Waals surface area contributed by atoms with Gasteiger partial charge in [0.2, 0.25) is 0 Å². The van der Waals surface area contributed by atoms with Crippen molar-refractivity contribution in [2.75, 3.05) is 33.4 Å². The molecule has 6 nitrogen and oxygen atoms in total. The smallest absolute Gasteiger partial charge is 0.160 e. The molecule has 146 valence electrons. The standard InChI is InChI=1S/C21H29N3O3/c1-16-4-3-5-18(22-16)14-24-10-9-23(15-19(24)8-11-25)13-17-6-7-21(27-2)20(26)12-17/h3-7,12,19,25-26H,8-11,13-15H2,1-2H3/t19-/m0/s1. The van der Waals surface area contributed by atoms with E-state index in [1.807, 2.05) is 25.1 Å². The second-order valence-corrected chi connectivity index (χ2v) is 7.15. The van der Waals surface area contributed by atoms with E-state index >= 15 is 0 Å². The first-order valence-corrected chi connectivity index (χ1v) is 9.44. The minimum absolute atomic E-state index is 0.172. The molecule has 0 unspecified atom stereocenters. The molecule has 27 heavy (non-hydrogen) atoms. The van der Waals surface area contributed by atoms with Crippen molar-refractivity contribution in [2.24, 2.45) is 0 Å². The number of hydrogen-bond acceptors (Lipinski definition) is 6. The zero-order valence-electron chi connectivity index (χ0n) is 16.1. The molecule has 2 aromatic rings. The lowest BCUT2D eigenvalue weighted by molar-refractivity contribution is 0.0491. The van der Waals surface area contributed by atoms with Gasteiger partial charge in [0.1, 0.15) is 0 Å². The molecule has 2 heterocycles. The molecule has 0 saturated carbocycles. The Balaban J connectivity index is 1.63. The molecule has 1 atom stereocenters. The number of piperazine rings is 1. The molecular weight excluding hydrogens is 342 g/mol. The first-order valence-electron chi connectivity index (χ1n) is 9.44. The highest BCUT2D eigenvalue weighted by molar-refractivity contribution is 5.41. The van der Waals surface area contributed by atoms with Crippen LogP contribution < -0.4 is 4.74 Å². The normalized spacial score (nSPS) is 18.6. The predicted molar refractivity (Wildman–Crippen MR) is 105 cm³/mol. The molecule has 0 aliphatic carbocycles. The van der Waals surface area contributed by atoms with Gasteiger partial charge in [-0.15, -0.1) is 0 Å². The van der Waals surface area contributed by atoms with Gasteiger partial charge in [0.25, 0.3) is 0 Å². The molecular formula is C21H29N3O3. The van der Waals surface area contributed by atoms with Gasteiger partial charge in [0.15, 0.2) is 11.5 Å². The van der Waals surface area contributed by atoms with Crippen molar-refractivity contribution in [2.45, 2.75) is 32.5 Å². The van der Waals surface area contributed by atoms with E-state index in [0.717, 1.165) is 56.1 Å². The zero-order valence-corrected chi connectivity index (χ0v) is 16.1. The van der Waals surface area contributed by atoms with Gasteiger partial charge in [-0.3, -0.25) is 14.8 Å². The summed E-state index contributed by atoms with van der Waals surface area (Å²) < 4.78 is 5.11. The number of pyridine rings is 1. The topological polar surface area (TPSA) is 69.1 Å². The molecule has 1 aliphatic rings. The van der Waals surface area contributed by atoms with E-state index < -0.39 is 0 Å². The van der Waals surface area contributed by atoms with Gasteiger partial charge in [-0.2, -0.15) is 0 Å². The second-order valence-electron chi connectivity index (χ2n) is 7.15. The van der Waals surface area contributed by atoms with E-state index in [2.05, 4.69) is 20.9 Å². The summed E-state index contributed by atoms with van der Waals surface area (Å²) in [4.78, 5) is 9.41. The van der Waals surface area contributed by atoms with Gasteiger partial charge in [-0.1, -0.05) is 12.1 Å². The summed E-state index contributed by atoms with van der Waals surface area (Å²) in [6.45, 7) is 6.54. The van der Waals surface area contributed by atoms with Crippen LogP contribution in [0, 0.1) is 6.92 Å². The zero-order chi connectivity index (χ0) is 19.2. The fraction of sp³-hybridized carbons (Fsp3) is 0.476. The molecule has 6 heteroatoms. The Kier molecular flexibility index (Phi) is 6.66. The average molecular weight is 371 g/mol. The third kappa shape index (κ3) is 5.19. The molecule has 2 N–H and O–H groups in total. The van der Waals surface area contributed by atoms with Crippen LogP contribution in [0.1, 0.15) is 23.4 Å². The summed E-state index contributed by atoms with van der Waals surface area (Å²) in [6, 6.07) is 12.0.